The lowest BCUT2D eigenvalue weighted by Crippen LogP contribution is -2.41. The van der Waals surface area contributed by atoms with Crippen molar-refractivity contribution >= 4 is 11.9 Å². The Morgan fingerprint density at radius 1 is 1.40 bits per heavy atom. The first-order valence-electron chi connectivity index (χ1n) is 4.89. The van der Waals surface area contributed by atoms with Gasteiger partial charge in [0.1, 0.15) is 6.04 Å². The Morgan fingerprint density at radius 3 is 2.53 bits per heavy atom. The van der Waals surface area contributed by atoms with E-state index in [2.05, 4.69) is 10.6 Å². The Kier molecular flexibility index (Phi) is 7.57. The first kappa shape index (κ1) is 13.9. The molecule has 0 aromatic heterocycles. The van der Waals surface area contributed by atoms with Gasteiger partial charge < -0.3 is 20.8 Å². The molecule has 0 aliphatic carbocycles. The van der Waals surface area contributed by atoms with Gasteiger partial charge in [-0.3, -0.25) is 4.79 Å². The van der Waals surface area contributed by atoms with E-state index >= 15 is 0 Å². The molecule has 4 N–H and O–H groups in total. The predicted molar refractivity (Wildman–Crippen MR) is 54.4 cm³/mol. The summed E-state index contributed by atoms with van der Waals surface area (Å²) in [6.45, 7) is 0.457. The summed E-state index contributed by atoms with van der Waals surface area (Å²) in [5.74, 6) is -1.42. The molecular formula is C9H18N2O4. The molecule has 1 atom stereocenters. The average Bonchev–Trinajstić information content (AvgIpc) is 2.17. The third-order valence-corrected chi connectivity index (χ3v) is 1.88. The van der Waals surface area contributed by atoms with Crippen LogP contribution in [0.2, 0.25) is 0 Å². The van der Waals surface area contributed by atoms with Crippen molar-refractivity contribution in [2.75, 3.05) is 20.2 Å². The standard InChI is InChI=1S/C9H18N2O4/c1-10-5-2-3-8(13)11-7(4-6-12)9(14)15/h7,10,12H,2-6H2,1H3,(H,11,13)(H,14,15)/t7-/m0/s1. The Labute approximate surface area is 88.7 Å². The van der Waals surface area contributed by atoms with Gasteiger partial charge in [-0.05, 0) is 20.0 Å². The van der Waals surface area contributed by atoms with E-state index in [0.717, 1.165) is 0 Å². The predicted octanol–water partition coefficient (Wildman–Crippen LogP) is -1.06. The molecule has 15 heavy (non-hydrogen) atoms. The topological polar surface area (TPSA) is 98.7 Å². The van der Waals surface area contributed by atoms with Crippen LogP contribution < -0.4 is 10.6 Å². The van der Waals surface area contributed by atoms with Gasteiger partial charge in [-0.1, -0.05) is 0 Å². The van der Waals surface area contributed by atoms with Crippen LogP contribution in [-0.4, -0.2) is 48.3 Å². The van der Waals surface area contributed by atoms with E-state index in [1.165, 1.54) is 0 Å². The zero-order valence-electron chi connectivity index (χ0n) is 8.82. The van der Waals surface area contributed by atoms with Gasteiger partial charge in [-0.15, -0.1) is 0 Å². The molecule has 1 amide bonds. The van der Waals surface area contributed by atoms with Crippen molar-refractivity contribution in [2.24, 2.45) is 0 Å². The molecule has 0 rings (SSSR count). The number of rotatable bonds is 8. The van der Waals surface area contributed by atoms with E-state index in [1.54, 1.807) is 7.05 Å². The second-order valence-electron chi connectivity index (χ2n) is 3.18. The molecule has 0 aromatic rings. The molecule has 0 heterocycles. The van der Waals surface area contributed by atoms with Gasteiger partial charge in [0, 0.05) is 19.4 Å². The minimum atomic E-state index is -1.12. The molecule has 0 radical (unpaired) electrons. The summed E-state index contributed by atoms with van der Waals surface area (Å²) in [7, 11) is 1.78. The quantitative estimate of drug-likeness (QED) is 0.389. The second-order valence-corrected chi connectivity index (χ2v) is 3.18. The Morgan fingerprint density at radius 2 is 2.07 bits per heavy atom. The van der Waals surface area contributed by atoms with Crippen molar-refractivity contribution in [3.05, 3.63) is 0 Å². The molecule has 0 bridgehead atoms. The molecule has 0 spiro atoms. The van der Waals surface area contributed by atoms with Crippen molar-refractivity contribution in [2.45, 2.75) is 25.3 Å². The highest BCUT2D eigenvalue weighted by Crippen LogP contribution is 1.94. The number of carboxylic acid groups (broad SMARTS) is 1. The van der Waals surface area contributed by atoms with Crippen molar-refractivity contribution in [3.8, 4) is 0 Å². The third-order valence-electron chi connectivity index (χ3n) is 1.88. The summed E-state index contributed by atoms with van der Waals surface area (Å²) >= 11 is 0. The molecule has 0 aliphatic rings. The fourth-order valence-corrected chi connectivity index (χ4v) is 1.08. The normalized spacial score (nSPS) is 12.1. The third kappa shape index (κ3) is 6.87. The number of carboxylic acids is 1. The second kappa shape index (κ2) is 8.19. The van der Waals surface area contributed by atoms with E-state index in [1.807, 2.05) is 0 Å². The lowest BCUT2D eigenvalue weighted by molar-refractivity contribution is -0.142. The highest BCUT2D eigenvalue weighted by molar-refractivity contribution is 5.83. The molecular weight excluding hydrogens is 200 g/mol. The summed E-state index contributed by atoms with van der Waals surface area (Å²) < 4.78 is 0. The molecule has 0 unspecified atom stereocenters. The lowest BCUT2D eigenvalue weighted by atomic mass is 10.2. The zero-order chi connectivity index (χ0) is 11.7. The summed E-state index contributed by atoms with van der Waals surface area (Å²) in [6.07, 6.45) is 0.983. The number of hydrogen-bond donors (Lipinski definition) is 4. The number of aliphatic hydroxyl groups excluding tert-OH is 1. The van der Waals surface area contributed by atoms with Crippen LogP contribution in [0.3, 0.4) is 0 Å². The number of aliphatic carboxylic acids is 1. The van der Waals surface area contributed by atoms with Crippen LogP contribution in [0, 0.1) is 0 Å². The van der Waals surface area contributed by atoms with Crippen molar-refractivity contribution in [1.29, 1.82) is 0 Å². The number of amides is 1. The van der Waals surface area contributed by atoms with Crippen LogP contribution in [-0.2, 0) is 9.59 Å². The largest absolute Gasteiger partial charge is 0.480 e. The van der Waals surface area contributed by atoms with Crippen LogP contribution in [0.5, 0.6) is 0 Å². The van der Waals surface area contributed by atoms with Crippen molar-refractivity contribution < 1.29 is 19.8 Å². The maximum Gasteiger partial charge on any atom is 0.326 e. The average molecular weight is 218 g/mol. The van der Waals surface area contributed by atoms with E-state index < -0.39 is 12.0 Å². The SMILES string of the molecule is CNCCCC(=O)N[C@@H](CCO)C(=O)O. The van der Waals surface area contributed by atoms with Crippen LogP contribution in [0.15, 0.2) is 0 Å². The monoisotopic (exact) mass is 218 g/mol. The Hall–Kier alpha value is -1.14. The smallest absolute Gasteiger partial charge is 0.326 e. The summed E-state index contributed by atoms with van der Waals surface area (Å²) in [4.78, 5) is 21.8. The van der Waals surface area contributed by atoms with Gasteiger partial charge in [-0.2, -0.15) is 0 Å². The van der Waals surface area contributed by atoms with Gasteiger partial charge in [0.2, 0.25) is 5.91 Å². The van der Waals surface area contributed by atoms with Crippen LogP contribution in [0.4, 0.5) is 0 Å². The minimum Gasteiger partial charge on any atom is -0.480 e. The lowest BCUT2D eigenvalue weighted by Gasteiger charge is -2.12. The highest BCUT2D eigenvalue weighted by atomic mass is 16.4. The number of hydrogen-bond acceptors (Lipinski definition) is 4. The van der Waals surface area contributed by atoms with Gasteiger partial charge in [0.15, 0.2) is 0 Å². The van der Waals surface area contributed by atoms with Crippen molar-refractivity contribution in [3.63, 3.8) is 0 Å². The molecule has 6 heteroatoms. The molecule has 0 saturated heterocycles. The van der Waals surface area contributed by atoms with Crippen molar-refractivity contribution in [1.82, 2.24) is 10.6 Å². The molecule has 88 valence electrons. The minimum absolute atomic E-state index is 0.0348. The fraction of sp³-hybridized carbons (Fsp3) is 0.778. The molecule has 6 nitrogen and oxygen atoms in total. The maximum absolute atomic E-state index is 11.2. The zero-order valence-corrected chi connectivity index (χ0v) is 8.82. The van der Waals surface area contributed by atoms with Crippen LogP contribution in [0.1, 0.15) is 19.3 Å². The van der Waals surface area contributed by atoms with E-state index in [-0.39, 0.29) is 25.4 Å². The number of carbonyl (C=O) groups excluding carboxylic acids is 1. The van der Waals surface area contributed by atoms with Crippen LogP contribution in [0.25, 0.3) is 0 Å². The fourth-order valence-electron chi connectivity index (χ4n) is 1.08. The Bertz CT molecular complexity index is 208. The van der Waals surface area contributed by atoms with Crippen LogP contribution >= 0.6 is 0 Å². The molecule has 0 fully saturated rings. The van der Waals surface area contributed by atoms with E-state index in [9.17, 15) is 9.59 Å². The number of aliphatic hydroxyl groups is 1. The van der Waals surface area contributed by atoms with E-state index in [0.29, 0.717) is 13.0 Å². The van der Waals surface area contributed by atoms with Gasteiger partial charge in [0.05, 0.1) is 0 Å². The van der Waals surface area contributed by atoms with Gasteiger partial charge in [-0.25, -0.2) is 4.79 Å². The summed E-state index contributed by atoms with van der Waals surface area (Å²) in [5.41, 5.74) is 0. The summed E-state index contributed by atoms with van der Waals surface area (Å²) in [6, 6.07) is -0.989. The van der Waals surface area contributed by atoms with E-state index in [4.69, 9.17) is 10.2 Å². The Balaban J connectivity index is 3.84. The molecule has 0 aliphatic heterocycles. The summed E-state index contributed by atoms with van der Waals surface area (Å²) in [5, 5.41) is 22.5. The maximum atomic E-state index is 11.2. The number of nitrogens with one attached hydrogen (secondary N) is 2. The first-order chi connectivity index (χ1) is 7.11. The molecule has 0 saturated carbocycles. The molecule has 0 aromatic carbocycles. The highest BCUT2D eigenvalue weighted by Gasteiger charge is 2.18. The number of carbonyl (C=O) groups is 2. The van der Waals surface area contributed by atoms with Gasteiger partial charge >= 0.3 is 5.97 Å². The van der Waals surface area contributed by atoms with Gasteiger partial charge in [0.25, 0.3) is 0 Å². The first-order valence-corrected chi connectivity index (χ1v) is 4.89.